The largest absolute Gasteiger partial charge is 0.416 e. The molecule has 0 saturated heterocycles. The van der Waals surface area contributed by atoms with Gasteiger partial charge in [-0.25, -0.2) is 0 Å². The highest BCUT2D eigenvalue weighted by Gasteiger charge is 2.31. The molecule has 0 fully saturated rings. The number of rotatable bonds is 3. The summed E-state index contributed by atoms with van der Waals surface area (Å²) in [5, 5.41) is 8.72. The second kappa shape index (κ2) is 6.44. The number of hydrogen-bond donors (Lipinski definition) is 2. The van der Waals surface area contributed by atoms with E-state index in [1.54, 1.807) is 0 Å². The van der Waals surface area contributed by atoms with Crippen molar-refractivity contribution < 1.29 is 18.3 Å². The summed E-state index contributed by atoms with van der Waals surface area (Å²) < 4.78 is 37.3. The van der Waals surface area contributed by atoms with Gasteiger partial charge in [-0.3, -0.25) is 0 Å². The van der Waals surface area contributed by atoms with Gasteiger partial charge in [0, 0.05) is 11.1 Å². The van der Waals surface area contributed by atoms with Crippen LogP contribution in [0.4, 0.5) is 13.2 Å². The van der Waals surface area contributed by atoms with Crippen LogP contribution in [0.25, 0.3) is 0 Å². The molecule has 0 aliphatic rings. The molecule has 0 bridgehead atoms. The average Bonchev–Trinajstić information content (AvgIpc) is 2.15. The first-order chi connectivity index (χ1) is 7.32. The third kappa shape index (κ3) is 5.12. The van der Waals surface area contributed by atoms with Crippen LogP contribution in [0, 0.1) is 0 Å². The van der Waals surface area contributed by atoms with Gasteiger partial charge in [0.1, 0.15) is 0 Å². The summed E-state index contributed by atoms with van der Waals surface area (Å²) in [5.74, 6) is 0. The third-order valence-corrected chi connectivity index (χ3v) is 2.24. The zero-order valence-electron chi connectivity index (χ0n) is 8.67. The van der Waals surface area contributed by atoms with E-state index in [1.165, 1.54) is 6.07 Å². The lowest BCUT2D eigenvalue weighted by Gasteiger charge is -2.12. The van der Waals surface area contributed by atoms with Crippen LogP contribution in [0.15, 0.2) is 18.2 Å². The van der Waals surface area contributed by atoms with Gasteiger partial charge >= 0.3 is 6.18 Å². The van der Waals surface area contributed by atoms with E-state index < -0.39 is 17.8 Å². The Morgan fingerprint density at radius 2 is 1.88 bits per heavy atom. The molecule has 1 rings (SSSR count). The van der Waals surface area contributed by atoms with Crippen LogP contribution in [-0.2, 0) is 12.6 Å². The van der Waals surface area contributed by atoms with E-state index in [-0.39, 0.29) is 30.5 Å². The van der Waals surface area contributed by atoms with E-state index in [0.717, 1.165) is 12.1 Å². The molecule has 0 spiro atoms. The van der Waals surface area contributed by atoms with E-state index in [4.69, 9.17) is 22.4 Å². The normalized spacial score (nSPS) is 13.1. The van der Waals surface area contributed by atoms with E-state index in [1.807, 2.05) is 0 Å². The molecule has 0 heterocycles. The fraction of sp³-hybridized carbons (Fsp3) is 0.400. The van der Waals surface area contributed by atoms with Gasteiger partial charge in [-0.05, 0) is 30.2 Å². The lowest BCUT2D eigenvalue weighted by Crippen LogP contribution is -2.27. The molecule has 1 atom stereocenters. The van der Waals surface area contributed by atoms with Crippen LogP contribution in [-0.4, -0.2) is 17.8 Å². The van der Waals surface area contributed by atoms with Crippen molar-refractivity contribution in [1.82, 2.24) is 0 Å². The number of aliphatic hydroxyl groups excluding tert-OH is 1. The topological polar surface area (TPSA) is 46.2 Å². The van der Waals surface area contributed by atoms with Gasteiger partial charge in [0.25, 0.3) is 0 Å². The zero-order valence-corrected chi connectivity index (χ0v) is 10.2. The Labute approximate surface area is 108 Å². The van der Waals surface area contributed by atoms with Crippen molar-refractivity contribution in [2.24, 2.45) is 5.73 Å². The summed E-state index contributed by atoms with van der Waals surface area (Å²) in [5.41, 5.74) is 5.00. The number of hydrogen-bond acceptors (Lipinski definition) is 2. The fourth-order valence-corrected chi connectivity index (χ4v) is 1.56. The van der Waals surface area contributed by atoms with E-state index in [0.29, 0.717) is 5.56 Å². The van der Waals surface area contributed by atoms with Gasteiger partial charge in [-0.2, -0.15) is 13.2 Å². The summed E-state index contributed by atoms with van der Waals surface area (Å²) in [6, 6.07) is 2.67. The molecule has 7 heteroatoms. The molecule has 98 valence electrons. The van der Waals surface area contributed by atoms with Crippen LogP contribution >= 0.6 is 24.0 Å². The van der Waals surface area contributed by atoms with Crippen molar-refractivity contribution >= 4 is 24.0 Å². The number of aliphatic hydroxyl groups is 1. The van der Waals surface area contributed by atoms with E-state index in [9.17, 15) is 13.2 Å². The molecule has 0 saturated carbocycles. The zero-order chi connectivity index (χ0) is 12.3. The molecule has 1 unspecified atom stereocenters. The summed E-state index contributed by atoms with van der Waals surface area (Å²) in [6.07, 6.45) is -4.27. The Bertz CT molecular complexity index is 371. The van der Waals surface area contributed by atoms with Gasteiger partial charge in [-0.15, -0.1) is 12.4 Å². The lowest BCUT2D eigenvalue weighted by atomic mass is 10.0. The third-order valence-electron chi connectivity index (χ3n) is 2.02. The molecule has 0 aromatic heterocycles. The summed E-state index contributed by atoms with van der Waals surface area (Å²) >= 11 is 5.58. The van der Waals surface area contributed by atoms with Crippen LogP contribution in [0.5, 0.6) is 0 Å². The number of nitrogens with two attached hydrogens (primary N) is 1. The van der Waals surface area contributed by atoms with Gasteiger partial charge < -0.3 is 10.8 Å². The van der Waals surface area contributed by atoms with Crippen LogP contribution in [0.1, 0.15) is 11.1 Å². The van der Waals surface area contributed by atoms with Gasteiger partial charge in [-0.1, -0.05) is 11.6 Å². The SMILES string of the molecule is Cl.NC(CO)Cc1cc(Cl)cc(C(F)(F)F)c1. The first-order valence-electron chi connectivity index (χ1n) is 4.56. The predicted molar refractivity (Wildman–Crippen MR) is 62.5 cm³/mol. The Balaban J connectivity index is 0.00000256. The average molecular weight is 290 g/mol. The van der Waals surface area contributed by atoms with Crippen LogP contribution in [0.2, 0.25) is 5.02 Å². The van der Waals surface area contributed by atoms with Crippen molar-refractivity contribution in [3.63, 3.8) is 0 Å². The van der Waals surface area contributed by atoms with Crippen molar-refractivity contribution in [3.8, 4) is 0 Å². The summed E-state index contributed by atoms with van der Waals surface area (Å²) in [7, 11) is 0. The molecule has 0 amide bonds. The Kier molecular flexibility index (Phi) is 6.26. The Morgan fingerprint density at radius 3 is 2.35 bits per heavy atom. The molecule has 0 aliphatic carbocycles. The minimum atomic E-state index is -4.43. The highest BCUT2D eigenvalue weighted by atomic mass is 35.5. The molecular weight excluding hydrogens is 278 g/mol. The Morgan fingerprint density at radius 1 is 1.29 bits per heavy atom. The quantitative estimate of drug-likeness (QED) is 0.899. The number of benzene rings is 1. The maximum atomic E-state index is 12.4. The maximum absolute atomic E-state index is 12.4. The molecule has 2 nitrogen and oxygen atoms in total. The monoisotopic (exact) mass is 289 g/mol. The van der Waals surface area contributed by atoms with Crippen LogP contribution < -0.4 is 5.73 Å². The predicted octanol–water partition coefficient (Wildman–Crippen LogP) is 2.64. The molecule has 0 radical (unpaired) electrons. The van der Waals surface area contributed by atoms with E-state index in [2.05, 4.69) is 0 Å². The fourth-order valence-electron chi connectivity index (χ4n) is 1.30. The summed E-state index contributed by atoms with van der Waals surface area (Å²) in [4.78, 5) is 0. The summed E-state index contributed by atoms with van der Waals surface area (Å²) in [6.45, 7) is -0.284. The van der Waals surface area contributed by atoms with Crippen molar-refractivity contribution in [1.29, 1.82) is 0 Å². The van der Waals surface area contributed by atoms with Gasteiger partial charge in [0.15, 0.2) is 0 Å². The molecule has 17 heavy (non-hydrogen) atoms. The molecule has 1 aromatic rings. The van der Waals surface area contributed by atoms with Crippen molar-refractivity contribution in [2.75, 3.05) is 6.61 Å². The minimum Gasteiger partial charge on any atom is -0.395 e. The number of alkyl halides is 3. The highest BCUT2D eigenvalue weighted by molar-refractivity contribution is 6.30. The van der Waals surface area contributed by atoms with Gasteiger partial charge in [0.05, 0.1) is 12.2 Å². The second-order valence-electron chi connectivity index (χ2n) is 3.49. The lowest BCUT2D eigenvalue weighted by molar-refractivity contribution is -0.137. The molecule has 1 aromatic carbocycles. The minimum absolute atomic E-state index is 0. The smallest absolute Gasteiger partial charge is 0.395 e. The molecule has 0 aliphatic heterocycles. The first kappa shape index (κ1) is 16.5. The molecule has 3 N–H and O–H groups in total. The first-order valence-corrected chi connectivity index (χ1v) is 4.94. The van der Waals surface area contributed by atoms with Crippen molar-refractivity contribution in [3.05, 3.63) is 34.3 Å². The second-order valence-corrected chi connectivity index (χ2v) is 3.93. The highest BCUT2D eigenvalue weighted by Crippen LogP contribution is 2.32. The number of halogens is 5. The maximum Gasteiger partial charge on any atom is 0.416 e. The Hall–Kier alpha value is -0.490. The van der Waals surface area contributed by atoms with Gasteiger partial charge in [0.2, 0.25) is 0 Å². The van der Waals surface area contributed by atoms with Crippen molar-refractivity contribution in [2.45, 2.75) is 18.6 Å². The van der Waals surface area contributed by atoms with Crippen LogP contribution in [0.3, 0.4) is 0 Å². The molecular formula is C10H12Cl2F3NO. The standard InChI is InChI=1S/C10H11ClF3NO.ClH/c11-8-2-6(3-9(15)5-16)1-7(4-8)10(12,13)14;/h1-2,4,9,16H,3,5,15H2;1H. The van der Waals surface area contributed by atoms with E-state index >= 15 is 0 Å².